The van der Waals surface area contributed by atoms with Gasteiger partial charge in [-0.05, 0) is 31.2 Å². The molecule has 0 radical (unpaired) electrons. The Balaban J connectivity index is 2.21. The van der Waals surface area contributed by atoms with E-state index in [9.17, 15) is 4.79 Å². The van der Waals surface area contributed by atoms with E-state index in [-0.39, 0.29) is 10.7 Å². The lowest BCUT2D eigenvalue weighted by Gasteiger charge is -2.11. The highest BCUT2D eigenvalue weighted by Crippen LogP contribution is 2.38. The molecule has 2 N–H and O–H groups in total. The second kappa shape index (κ2) is 4.53. The van der Waals surface area contributed by atoms with Crippen molar-refractivity contribution >= 4 is 23.3 Å². The monoisotopic (exact) mass is 254 g/mol. The second-order valence-corrected chi connectivity index (χ2v) is 4.99. The first-order valence-corrected chi connectivity index (χ1v) is 6.01. The van der Waals surface area contributed by atoms with E-state index in [1.165, 1.54) is 6.42 Å². The van der Waals surface area contributed by atoms with Crippen molar-refractivity contribution in [2.75, 3.05) is 11.9 Å². The van der Waals surface area contributed by atoms with E-state index >= 15 is 0 Å². The van der Waals surface area contributed by atoms with E-state index in [1.807, 2.05) is 0 Å². The summed E-state index contributed by atoms with van der Waals surface area (Å²) in [6.07, 6.45) is 1.20. The van der Waals surface area contributed by atoms with Crippen LogP contribution in [-0.2, 0) is 0 Å². The van der Waals surface area contributed by atoms with Crippen LogP contribution >= 0.6 is 11.6 Å². The molecule has 1 aliphatic rings. The van der Waals surface area contributed by atoms with Crippen molar-refractivity contribution in [1.29, 1.82) is 0 Å². The summed E-state index contributed by atoms with van der Waals surface area (Å²) in [6.45, 7) is 4.78. The maximum absolute atomic E-state index is 11.1. The number of hydrogen-bond donors (Lipinski definition) is 2. The predicted octanol–water partition coefficient (Wildman–Crippen LogP) is 2.81. The minimum atomic E-state index is -1.05. The van der Waals surface area contributed by atoms with Gasteiger partial charge in [-0.25, -0.2) is 9.78 Å². The van der Waals surface area contributed by atoms with Crippen molar-refractivity contribution < 1.29 is 9.90 Å². The van der Waals surface area contributed by atoms with Crippen LogP contribution in [0.1, 0.15) is 29.4 Å². The molecule has 1 heterocycles. The van der Waals surface area contributed by atoms with Crippen LogP contribution in [0.2, 0.25) is 5.15 Å². The van der Waals surface area contributed by atoms with Gasteiger partial charge < -0.3 is 10.4 Å². The molecule has 1 fully saturated rings. The van der Waals surface area contributed by atoms with Gasteiger partial charge in [0.15, 0.2) is 0 Å². The third-order valence-electron chi connectivity index (χ3n) is 3.15. The van der Waals surface area contributed by atoms with Gasteiger partial charge in [0.2, 0.25) is 0 Å². The van der Waals surface area contributed by atoms with Crippen LogP contribution in [0.25, 0.3) is 0 Å². The van der Waals surface area contributed by atoms with E-state index in [0.29, 0.717) is 17.3 Å². The smallest absolute Gasteiger partial charge is 0.340 e. The molecule has 1 unspecified atom stereocenters. The topological polar surface area (TPSA) is 62.2 Å². The van der Waals surface area contributed by atoms with Crippen molar-refractivity contribution in [2.45, 2.75) is 20.3 Å². The number of rotatable bonds is 4. The molecule has 1 aliphatic carbocycles. The normalized spacial score (nSPS) is 22.3. The van der Waals surface area contributed by atoms with Crippen LogP contribution in [-0.4, -0.2) is 22.6 Å². The molecule has 0 bridgehead atoms. The van der Waals surface area contributed by atoms with Gasteiger partial charge in [0.1, 0.15) is 10.7 Å². The van der Waals surface area contributed by atoms with Gasteiger partial charge in [0.25, 0.3) is 0 Å². The van der Waals surface area contributed by atoms with Gasteiger partial charge in [-0.3, -0.25) is 0 Å². The van der Waals surface area contributed by atoms with Gasteiger partial charge in [0.05, 0.1) is 5.69 Å². The third kappa shape index (κ3) is 2.69. The number of halogens is 1. The van der Waals surface area contributed by atoms with Crippen molar-refractivity contribution in [1.82, 2.24) is 4.98 Å². The highest BCUT2D eigenvalue weighted by molar-refractivity contribution is 6.33. The average Bonchev–Trinajstić information content (AvgIpc) is 2.89. The number of hydrogen-bond acceptors (Lipinski definition) is 3. The lowest BCUT2D eigenvalue weighted by Crippen LogP contribution is -2.11. The van der Waals surface area contributed by atoms with Gasteiger partial charge in [-0.15, -0.1) is 0 Å². The molecule has 5 heteroatoms. The SMILES string of the molecule is Cc1cc(NC[C@H]2CC2C)c(C(=O)O)c(Cl)n1. The summed E-state index contributed by atoms with van der Waals surface area (Å²) in [5, 5.41) is 12.3. The van der Waals surface area contributed by atoms with E-state index in [2.05, 4.69) is 17.2 Å². The summed E-state index contributed by atoms with van der Waals surface area (Å²) in [6, 6.07) is 1.72. The van der Waals surface area contributed by atoms with Gasteiger partial charge in [0, 0.05) is 12.2 Å². The Morgan fingerprint density at radius 2 is 2.35 bits per heavy atom. The largest absolute Gasteiger partial charge is 0.478 e. The lowest BCUT2D eigenvalue weighted by atomic mass is 10.2. The summed E-state index contributed by atoms with van der Waals surface area (Å²) in [5.41, 5.74) is 1.34. The van der Waals surface area contributed by atoms with Gasteiger partial charge in [-0.1, -0.05) is 18.5 Å². The zero-order valence-electron chi connectivity index (χ0n) is 9.83. The number of carboxylic acid groups (broad SMARTS) is 1. The molecule has 0 aromatic carbocycles. The highest BCUT2D eigenvalue weighted by Gasteiger charge is 2.32. The van der Waals surface area contributed by atoms with Crippen LogP contribution in [0.3, 0.4) is 0 Å². The fourth-order valence-electron chi connectivity index (χ4n) is 1.90. The molecule has 0 aliphatic heterocycles. The molecular formula is C12H15ClN2O2. The summed E-state index contributed by atoms with van der Waals surface area (Å²) in [4.78, 5) is 15.1. The van der Waals surface area contributed by atoms with Crippen molar-refractivity contribution in [3.8, 4) is 0 Å². The number of anilines is 1. The fourth-order valence-corrected chi connectivity index (χ4v) is 2.22. The van der Waals surface area contributed by atoms with E-state index in [4.69, 9.17) is 16.7 Å². The van der Waals surface area contributed by atoms with Crippen molar-refractivity contribution in [3.05, 3.63) is 22.5 Å². The fraction of sp³-hybridized carbons (Fsp3) is 0.500. The number of aryl methyl sites for hydroxylation is 1. The van der Waals surface area contributed by atoms with Crippen molar-refractivity contribution in [2.24, 2.45) is 11.8 Å². The molecule has 2 rings (SSSR count). The molecule has 0 spiro atoms. The molecule has 17 heavy (non-hydrogen) atoms. The lowest BCUT2D eigenvalue weighted by molar-refractivity contribution is 0.0697. The number of aromatic nitrogens is 1. The first kappa shape index (κ1) is 12.2. The molecule has 0 amide bonds. The molecule has 92 valence electrons. The van der Waals surface area contributed by atoms with E-state index < -0.39 is 5.97 Å². The summed E-state index contributed by atoms with van der Waals surface area (Å²) in [5.74, 6) is 0.326. The molecule has 0 saturated heterocycles. The van der Waals surface area contributed by atoms with Crippen LogP contribution < -0.4 is 5.32 Å². The van der Waals surface area contributed by atoms with Gasteiger partial charge >= 0.3 is 5.97 Å². The number of nitrogens with one attached hydrogen (secondary N) is 1. The van der Waals surface area contributed by atoms with E-state index in [1.54, 1.807) is 13.0 Å². The Labute approximate surface area is 105 Å². The third-order valence-corrected chi connectivity index (χ3v) is 3.42. The number of carboxylic acids is 1. The molecule has 4 nitrogen and oxygen atoms in total. The molecule has 1 aromatic heterocycles. The quantitative estimate of drug-likeness (QED) is 0.811. The Kier molecular flexibility index (Phi) is 3.24. The Morgan fingerprint density at radius 3 is 2.88 bits per heavy atom. The number of aromatic carboxylic acids is 1. The van der Waals surface area contributed by atoms with E-state index in [0.717, 1.165) is 12.5 Å². The Bertz CT molecular complexity index is 462. The molecule has 2 atom stereocenters. The van der Waals surface area contributed by atoms with Crippen molar-refractivity contribution in [3.63, 3.8) is 0 Å². The minimum Gasteiger partial charge on any atom is -0.478 e. The highest BCUT2D eigenvalue weighted by atomic mass is 35.5. The molecule has 1 aromatic rings. The maximum atomic E-state index is 11.1. The average molecular weight is 255 g/mol. The van der Waals surface area contributed by atoms with Crippen LogP contribution in [0.5, 0.6) is 0 Å². The number of pyridine rings is 1. The molecule has 1 saturated carbocycles. The second-order valence-electron chi connectivity index (χ2n) is 4.64. The number of nitrogens with zero attached hydrogens (tertiary/aromatic N) is 1. The zero-order chi connectivity index (χ0) is 12.6. The number of carbonyl (C=O) groups is 1. The maximum Gasteiger partial charge on any atom is 0.340 e. The summed E-state index contributed by atoms with van der Waals surface area (Å²) >= 11 is 5.86. The summed E-state index contributed by atoms with van der Waals surface area (Å²) < 4.78 is 0. The first-order chi connectivity index (χ1) is 7.99. The molecular weight excluding hydrogens is 240 g/mol. The first-order valence-electron chi connectivity index (χ1n) is 5.63. The predicted molar refractivity (Wildman–Crippen MR) is 66.7 cm³/mol. The Hall–Kier alpha value is -1.29. The van der Waals surface area contributed by atoms with Crippen LogP contribution in [0.15, 0.2) is 6.07 Å². The van der Waals surface area contributed by atoms with Crippen LogP contribution in [0.4, 0.5) is 5.69 Å². The van der Waals surface area contributed by atoms with Gasteiger partial charge in [-0.2, -0.15) is 0 Å². The summed E-state index contributed by atoms with van der Waals surface area (Å²) in [7, 11) is 0. The standard InChI is InChI=1S/C12H15ClN2O2/c1-6-3-8(6)5-14-9-4-7(2)15-11(13)10(9)12(16)17/h4,6,8H,3,5H2,1-2H3,(H,14,15)(H,16,17)/t6?,8-/m1/s1. The Morgan fingerprint density at radius 1 is 1.71 bits per heavy atom. The van der Waals surface area contributed by atoms with Crippen LogP contribution in [0, 0.1) is 18.8 Å². The zero-order valence-corrected chi connectivity index (χ0v) is 10.6. The minimum absolute atomic E-state index is 0.0452.